The lowest BCUT2D eigenvalue weighted by Crippen LogP contribution is -1.94. The van der Waals surface area contributed by atoms with E-state index in [1.165, 1.54) is 5.56 Å². The van der Waals surface area contributed by atoms with Gasteiger partial charge >= 0.3 is 0 Å². The molecule has 0 aromatic heterocycles. The number of benzene rings is 1. The van der Waals surface area contributed by atoms with Crippen molar-refractivity contribution in [3.05, 3.63) is 48.0 Å². The third-order valence-electron chi connectivity index (χ3n) is 1.89. The molecule has 1 rings (SSSR count). The van der Waals surface area contributed by atoms with E-state index in [1.54, 1.807) is 13.0 Å². The summed E-state index contributed by atoms with van der Waals surface area (Å²) >= 11 is 0. The van der Waals surface area contributed by atoms with E-state index >= 15 is 0 Å². The average molecular weight is 204 g/mol. The van der Waals surface area contributed by atoms with E-state index in [9.17, 15) is 4.79 Å². The molecule has 0 unspecified atom stereocenters. The number of rotatable bonds is 6. The van der Waals surface area contributed by atoms with Gasteiger partial charge in [-0.1, -0.05) is 36.4 Å². The number of ketones is 1. The fraction of sp³-hybridized carbons (Fsp3) is 0.308. The first-order valence-electron chi connectivity index (χ1n) is 5.08. The van der Waals surface area contributed by atoms with Crippen LogP contribution < -0.4 is 0 Å². The van der Waals surface area contributed by atoms with Gasteiger partial charge in [0.15, 0.2) is 5.78 Å². The normalized spacial score (nSPS) is 10.7. The molecule has 2 heteroatoms. The number of hydrogen-bond donors (Lipinski definition) is 0. The van der Waals surface area contributed by atoms with Crippen LogP contribution in [-0.2, 0) is 16.1 Å². The molecule has 2 nitrogen and oxygen atoms in total. The maximum Gasteiger partial charge on any atom is 0.152 e. The molecule has 15 heavy (non-hydrogen) atoms. The fourth-order valence-corrected chi connectivity index (χ4v) is 1.16. The topological polar surface area (TPSA) is 26.3 Å². The average Bonchev–Trinajstić information content (AvgIpc) is 2.24. The number of allylic oxidation sites excluding steroid dienone is 1. The van der Waals surface area contributed by atoms with Crippen LogP contribution in [0.25, 0.3) is 0 Å². The van der Waals surface area contributed by atoms with Crippen molar-refractivity contribution in [2.75, 3.05) is 6.61 Å². The van der Waals surface area contributed by atoms with E-state index in [-0.39, 0.29) is 5.78 Å². The van der Waals surface area contributed by atoms with Crippen LogP contribution in [0, 0.1) is 0 Å². The molecule has 1 aromatic carbocycles. The second-order valence-corrected chi connectivity index (χ2v) is 3.34. The predicted molar refractivity (Wildman–Crippen MR) is 60.5 cm³/mol. The standard InChI is InChI=1S/C13H16O2/c1-12(14)7-5-6-10-15-11-13-8-3-2-4-9-13/h2-5,7-9H,6,10-11H2,1H3/b7-5+. The highest BCUT2D eigenvalue weighted by Crippen LogP contribution is 2.00. The summed E-state index contributed by atoms with van der Waals surface area (Å²) in [5.41, 5.74) is 1.17. The summed E-state index contributed by atoms with van der Waals surface area (Å²) in [5.74, 6) is 0.0815. The van der Waals surface area contributed by atoms with Gasteiger partial charge in [0, 0.05) is 0 Å². The molecule has 0 atom stereocenters. The highest BCUT2D eigenvalue weighted by molar-refractivity contribution is 5.87. The number of carbonyl (C=O) groups is 1. The van der Waals surface area contributed by atoms with Gasteiger partial charge in [-0.05, 0) is 25.0 Å². The molecule has 0 heterocycles. The van der Waals surface area contributed by atoms with Crippen LogP contribution in [0.3, 0.4) is 0 Å². The summed E-state index contributed by atoms with van der Waals surface area (Å²) in [6.07, 6.45) is 4.20. The molecule has 0 N–H and O–H groups in total. The van der Waals surface area contributed by atoms with Gasteiger partial charge in [-0.3, -0.25) is 4.79 Å². The van der Waals surface area contributed by atoms with Crippen molar-refractivity contribution in [1.29, 1.82) is 0 Å². The zero-order chi connectivity index (χ0) is 10.9. The van der Waals surface area contributed by atoms with E-state index in [1.807, 2.05) is 36.4 Å². The van der Waals surface area contributed by atoms with Gasteiger partial charge in [0.2, 0.25) is 0 Å². The van der Waals surface area contributed by atoms with Crippen LogP contribution in [-0.4, -0.2) is 12.4 Å². The van der Waals surface area contributed by atoms with Gasteiger partial charge in [0.1, 0.15) is 0 Å². The Morgan fingerprint density at radius 3 is 2.73 bits per heavy atom. The van der Waals surface area contributed by atoms with Crippen LogP contribution >= 0.6 is 0 Å². The lowest BCUT2D eigenvalue weighted by molar-refractivity contribution is -0.112. The van der Waals surface area contributed by atoms with Crippen molar-refractivity contribution in [3.63, 3.8) is 0 Å². The van der Waals surface area contributed by atoms with Crippen LogP contribution in [0.2, 0.25) is 0 Å². The molecule has 0 saturated heterocycles. The Labute approximate surface area is 90.6 Å². The van der Waals surface area contributed by atoms with Gasteiger partial charge < -0.3 is 4.74 Å². The maximum atomic E-state index is 10.6. The van der Waals surface area contributed by atoms with E-state index in [0.717, 1.165) is 6.42 Å². The quantitative estimate of drug-likeness (QED) is 0.526. The summed E-state index contributed by atoms with van der Waals surface area (Å²) < 4.78 is 5.44. The van der Waals surface area contributed by atoms with Crippen molar-refractivity contribution in [2.24, 2.45) is 0 Å². The van der Waals surface area contributed by atoms with Crippen LogP contribution in [0.4, 0.5) is 0 Å². The highest BCUT2D eigenvalue weighted by atomic mass is 16.5. The molecule has 0 spiro atoms. The molecule has 0 aliphatic carbocycles. The molecule has 0 fully saturated rings. The van der Waals surface area contributed by atoms with Crippen molar-refractivity contribution in [1.82, 2.24) is 0 Å². The highest BCUT2D eigenvalue weighted by Gasteiger charge is 1.90. The first kappa shape index (κ1) is 11.7. The lowest BCUT2D eigenvalue weighted by Gasteiger charge is -2.01. The minimum Gasteiger partial charge on any atom is -0.376 e. The summed E-state index contributed by atoms with van der Waals surface area (Å²) in [7, 11) is 0. The molecule has 0 bridgehead atoms. The molecule has 1 aromatic rings. The Morgan fingerprint density at radius 2 is 2.07 bits per heavy atom. The van der Waals surface area contributed by atoms with E-state index in [4.69, 9.17) is 4.74 Å². The van der Waals surface area contributed by atoms with Gasteiger partial charge in [0.05, 0.1) is 13.2 Å². The molecular formula is C13H16O2. The second kappa shape index (κ2) is 6.96. The molecule has 0 saturated carbocycles. The minimum absolute atomic E-state index is 0.0815. The summed E-state index contributed by atoms with van der Waals surface area (Å²) in [6, 6.07) is 10.0. The zero-order valence-corrected chi connectivity index (χ0v) is 8.98. The molecule has 0 amide bonds. The van der Waals surface area contributed by atoms with E-state index in [2.05, 4.69) is 0 Å². The summed E-state index contributed by atoms with van der Waals surface area (Å²) in [5, 5.41) is 0. The Morgan fingerprint density at radius 1 is 1.33 bits per heavy atom. The first-order valence-corrected chi connectivity index (χ1v) is 5.08. The third kappa shape index (κ3) is 5.81. The van der Waals surface area contributed by atoms with Gasteiger partial charge in [-0.25, -0.2) is 0 Å². The van der Waals surface area contributed by atoms with Crippen molar-refractivity contribution < 1.29 is 9.53 Å². The largest absolute Gasteiger partial charge is 0.376 e. The fourth-order valence-electron chi connectivity index (χ4n) is 1.16. The lowest BCUT2D eigenvalue weighted by atomic mass is 10.2. The molecule has 0 aliphatic rings. The summed E-state index contributed by atoms with van der Waals surface area (Å²) in [6.45, 7) is 2.83. The zero-order valence-electron chi connectivity index (χ0n) is 8.98. The third-order valence-corrected chi connectivity index (χ3v) is 1.89. The summed E-state index contributed by atoms with van der Waals surface area (Å²) in [4.78, 5) is 10.6. The van der Waals surface area contributed by atoms with Gasteiger partial charge in [0.25, 0.3) is 0 Å². The Balaban J connectivity index is 2.10. The molecule has 0 aliphatic heterocycles. The molecular weight excluding hydrogens is 188 g/mol. The number of ether oxygens (including phenoxy) is 1. The number of hydrogen-bond acceptors (Lipinski definition) is 2. The Hall–Kier alpha value is -1.41. The van der Waals surface area contributed by atoms with Crippen molar-refractivity contribution in [2.45, 2.75) is 20.0 Å². The van der Waals surface area contributed by atoms with Gasteiger partial charge in [-0.15, -0.1) is 0 Å². The SMILES string of the molecule is CC(=O)/C=C/CCOCc1ccccc1. The molecule has 80 valence electrons. The van der Waals surface area contributed by atoms with Crippen LogP contribution in [0.5, 0.6) is 0 Å². The van der Waals surface area contributed by atoms with E-state index in [0.29, 0.717) is 13.2 Å². The maximum absolute atomic E-state index is 10.6. The van der Waals surface area contributed by atoms with Gasteiger partial charge in [-0.2, -0.15) is 0 Å². The Bertz CT molecular complexity index is 315. The van der Waals surface area contributed by atoms with Crippen LogP contribution in [0.1, 0.15) is 18.9 Å². The first-order chi connectivity index (χ1) is 7.29. The van der Waals surface area contributed by atoms with E-state index < -0.39 is 0 Å². The van der Waals surface area contributed by atoms with Crippen LogP contribution in [0.15, 0.2) is 42.5 Å². The predicted octanol–water partition coefficient (Wildman–Crippen LogP) is 2.74. The smallest absolute Gasteiger partial charge is 0.152 e. The Kier molecular flexibility index (Phi) is 5.41. The second-order valence-electron chi connectivity index (χ2n) is 3.34. The number of carbonyl (C=O) groups excluding carboxylic acids is 1. The molecule has 0 radical (unpaired) electrons. The minimum atomic E-state index is 0.0815. The van der Waals surface area contributed by atoms with Crippen molar-refractivity contribution in [3.8, 4) is 0 Å². The monoisotopic (exact) mass is 204 g/mol. The van der Waals surface area contributed by atoms with Crippen molar-refractivity contribution >= 4 is 5.78 Å².